The van der Waals surface area contributed by atoms with Gasteiger partial charge in [-0.25, -0.2) is 9.34 Å². The molecule has 80 valence electrons. The van der Waals surface area contributed by atoms with E-state index in [9.17, 15) is 4.57 Å². The molecule has 2 aromatic rings. The second-order valence-electron chi connectivity index (χ2n) is 3.21. The number of rotatable bonds is 4. The first kappa shape index (κ1) is 10.7. The normalized spacial score (nSPS) is 10.0. The summed E-state index contributed by atoms with van der Waals surface area (Å²) in [7, 11) is -0.0929. The molecular weight excluding hydrogens is 219 g/mol. The lowest BCUT2D eigenvalue weighted by molar-refractivity contribution is 0.597. The number of hydrogen-bond donors (Lipinski definition) is 1. The van der Waals surface area contributed by atoms with E-state index < -0.39 is 0 Å². The van der Waals surface area contributed by atoms with E-state index >= 15 is 0 Å². The Bertz CT molecular complexity index is 447. The van der Waals surface area contributed by atoms with E-state index in [1.807, 2.05) is 60.7 Å². The largest absolute Gasteiger partial charge is 0.302 e. The van der Waals surface area contributed by atoms with Crippen LogP contribution in [0.4, 0.5) is 11.4 Å². The minimum atomic E-state index is -0.0929. The molecule has 2 aromatic carbocycles. The molecule has 2 rings (SSSR count). The Morgan fingerprint density at radius 2 is 1.44 bits per heavy atom. The average Bonchev–Trinajstić information content (AvgIpc) is 2.38. The van der Waals surface area contributed by atoms with Crippen molar-refractivity contribution in [3.8, 4) is 0 Å². The van der Waals surface area contributed by atoms with Gasteiger partial charge in [0.15, 0.2) is 0 Å². The van der Waals surface area contributed by atoms with Gasteiger partial charge >= 0.3 is 8.61 Å². The van der Waals surface area contributed by atoms with E-state index in [0.29, 0.717) is 0 Å². The Labute approximate surface area is 95.9 Å². The molecule has 0 spiro atoms. The number of nitrogens with one attached hydrogen (secondary N) is 1. The molecule has 0 saturated heterocycles. The van der Waals surface area contributed by atoms with Gasteiger partial charge in [0.25, 0.3) is 0 Å². The summed E-state index contributed by atoms with van der Waals surface area (Å²) in [4.78, 5) is 0. The Morgan fingerprint density at radius 3 is 2.00 bits per heavy atom. The van der Waals surface area contributed by atoms with Gasteiger partial charge < -0.3 is 0 Å². The maximum Gasteiger partial charge on any atom is 0.302 e. The van der Waals surface area contributed by atoms with Crippen molar-refractivity contribution in [3.63, 3.8) is 0 Å². The molecule has 0 heterocycles. The van der Waals surface area contributed by atoms with E-state index in [4.69, 9.17) is 0 Å². The molecule has 0 atom stereocenters. The summed E-state index contributed by atoms with van der Waals surface area (Å²) in [6, 6.07) is 19.1. The molecule has 0 saturated carbocycles. The number of para-hydroxylation sites is 2. The summed E-state index contributed by atoms with van der Waals surface area (Å²) in [5.41, 5.74) is 4.80. The van der Waals surface area contributed by atoms with Crippen molar-refractivity contribution < 1.29 is 4.57 Å². The van der Waals surface area contributed by atoms with Gasteiger partial charge in [0.05, 0.1) is 11.4 Å². The highest BCUT2D eigenvalue weighted by Gasteiger charge is 2.04. The predicted octanol–water partition coefficient (Wildman–Crippen LogP) is 3.73. The number of benzene rings is 2. The van der Waals surface area contributed by atoms with Crippen molar-refractivity contribution in [2.45, 2.75) is 0 Å². The quantitative estimate of drug-likeness (QED) is 0.641. The van der Waals surface area contributed by atoms with E-state index in [0.717, 1.165) is 11.4 Å². The van der Waals surface area contributed by atoms with Gasteiger partial charge in [-0.05, 0) is 24.3 Å². The second-order valence-corrected chi connectivity index (χ2v) is 3.77. The van der Waals surface area contributed by atoms with Crippen LogP contribution in [-0.2, 0) is 4.57 Å². The fourth-order valence-electron chi connectivity index (χ4n) is 1.34. The van der Waals surface area contributed by atoms with Crippen LogP contribution < -0.4 is 10.2 Å². The first-order chi connectivity index (χ1) is 7.90. The maximum absolute atomic E-state index is 11.1. The third-order valence-electron chi connectivity index (χ3n) is 2.09. The monoisotopic (exact) mass is 230 g/mol. The van der Waals surface area contributed by atoms with E-state index in [-0.39, 0.29) is 8.61 Å². The molecule has 1 N–H and O–H groups in total. The van der Waals surface area contributed by atoms with Gasteiger partial charge in [-0.3, -0.25) is 5.43 Å². The van der Waals surface area contributed by atoms with Crippen molar-refractivity contribution in [1.29, 1.82) is 0 Å². The zero-order valence-corrected chi connectivity index (χ0v) is 9.47. The van der Waals surface area contributed by atoms with Crippen LogP contribution in [-0.4, -0.2) is 0 Å². The molecule has 0 radical (unpaired) electrons. The minimum Gasteiger partial charge on any atom is -0.288 e. The Hall–Kier alpha value is -1.86. The molecule has 0 aliphatic heterocycles. The molecule has 0 aliphatic carbocycles. The van der Waals surface area contributed by atoms with Crippen molar-refractivity contribution in [3.05, 3.63) is 60.7 Å². The van der Waals surface area contributed by atoms with Crippen LogP contribution in [0.1, 0.15) is 0 Å². The fourth-order valence-corrected chi connectivity index (χ4v) is 1.72. The summed E-state index contributed by atoms with van der Waals surface area (Å²) in [6.45, 7) is 0. The van der Waals surface area contributed by atoms with Crippen LogP contribution in [0.2, 0.25) is 0 Å². The van der Waals surface area contributed by atoms with Crippen molar-refractivity contribution in [2.24, 2.45) is 0 Å². The van der Waals surface area contributed by atoms with Crippen LogP contribution in [0.3, 0.4) is 0 Å². The van der Waals surface area contributed by atoms with Crippen LogP contribution in [0.25, 0.3) is 0 Å². The van der Waals surface area contributed by atoms with Gasteiger partial charge in [-0.2, -0.15) is 0 Å². The smallest absolute Gasteiger partial charge is 0.288 e. The fraction of sp³-hybridized carbons (Fsp3) is 0. The van der Waals surface area contributed by atoms with E-state index in [1.54, 1.807) is 0 Å². The third-order valence-corrected chi connectivity index (χ3v) is 2.59. The lowest BCUT2D eigenvalue weighted by atomic mass is 10.3. The molecule has 0 aliphatic rings. The lowest BCUT2D eigenvalue weighted by Crippen LogP contribution is -2.18. The van der Waals surface area contributed by atoms with Crippen LogP contribution in [0.5, 0.6) is 0 Å². The van der Waals surface area contributed by atoms with Crippen molar-refractivity contribution in [2.75, 3.05) is 10.2 Å². The summed E-state index contributed by atoms with van der Waals surface area (Å²) < 4.78 is 12.6. The molecule has 0 fully saturated rings. The van der Waals surface area contributed by atoms with Gasteiger partial charge in [0, 0.05) is 0 Å². The van der Waals surface area contributed by atoms with E-state index in [1.165, 1.54) is 4.78 Å². The molecule has 16 heavy (non-hydrogen) atoms. The highest BCUT2D eigenvalue weighted by Crippen LogP contribution is 2.21. The Balaban J connectivity index is 2.16. The molecule has 0 amide bonds. The maximum atomic E-state index is 11.1. The van der Waals surface area contributed by atoms with Gasteiger partial charge in [0.2, 0.25) is 0 Å². The second kappa shape index (κ2) is 5.29. The summed E-state index contributed by atoms with van der Waals surface area (Å²) in [5, 5.41) is 0. The SMILES string of the molecule is O=PN(Nc1ccccc1)c1ccccc1. The van der Waals surface area contributed by atoms with Crippen molar-refractivity contribution in [1.82, 2.24) is 0 Å². The molecular formula is C12H11N2OP. The molecule has 0 bridgehead atoms. The summed E-state index contributed by atoms with van der Waals surface area (Å²) in [6.07, 6.45) is 0. The highest BCUT2D eigenvalue weighted by molar-refractivity contribution is 7.26. The van der Waals surface area contributed by atoms with Crippen LogP contribution in [0, 0.1) is 0 Å². The van der Waals surface area contributed by atoms with Crippen molar-refractivity contribution >= 4 is 20.0 Å². The Kier molecular flexibility index (Phi) is 3.52. The number of nitrogens with zero attached hydrogens (tertiary/aromatic N) is 1. The first-order valence-electron chi connectivity index (χ1n) is 4.90. The average molecular weight is 230 g/mol. The standard InChI is InChI=1S/C12H11N2OP/c15-16-14(12-9-5-2-6-10-12)13-11-7-3-1-4-8-11/h1-10,13H. The summed E-state index contributed by atoms with van der Waals surface area (Å²) in [5.74, 6) is 0. The zero-order valence-electron chi connectivity index (χ0n) is 8.58. The highest BCUT2D eigenvalue weighted by atomic mass is 31.1. The number of anilines is 2. The zero-order chi connectivity index (χ0) is 11.2. The minimum absolute atomic E-state index is 0.0929. The topological polar surface area (TPSA) is 32.3 Å². The third kappa shape index (κ3) is 2.59. The molecule has 0 aromatic heterocycles. The lowest BCUT2D eigenvalue weighted by Gasteiger charge is -2.17. The summed E-state index contributed by atoms with van der Waals surface area (Å²) >= 11 is 0. The molecule has 4 heteroatoms. The molecule has 0 unspecified atom stereocenters. The van der Waals surface area contributed by atoms with Gasteiger partial charge in [0.1, 0.15) is 0 Å². The van der Waals surface area contributed by atoms with Crippen LogP contribution in [0.15, 0.2) is 60.7 Å². The van der Waals surface area contributed by atoms with Crippen LogP contribution >= 0.6 is 8.61 Å². The Morgan fingerprint density at radius 1 is 0.875 bits per heavy atom. The van der Waals surface area contributed by atoms with Gasteiger partial charge in [-0.15, -0.1) is 0 Å². The number of hydrogen-bond acceptors (Lipinski definition) is 2. The predicted molar refractivity (Wildman–Crippen MR) is 66.6 cm³/mol. The first-order valence-corrected chi connectivity index (χ1v) is 5.67. The molecule has 3 nitrogen and oxygen atoms in total. The van der Waals surface area contributed by atoms with Gasteiger partial charge in [-0.1, -0.05) is 36.4 Å². The number of hydrazine groups is 1. The van der Waals surface area contributed by atoms with E-state index in [2.05, 4.69) is 5.43 Å².